The molecular formula is C17H25N3O. The Balaban J connectivity index is 1.36. The molecule has 1 aromatic carbocycles. The monoisotopic (exact) mass is 287 g/mol. The number of carbonyl (C=O) groups is 1. The highest BCUT2D eigenvalue weighted by Gasteiger charge is 2.25. The molecule has 0 radical (unpaired) electrons. The Morgan fingerprint density at radius 3 is 2.86 bits per heavy atom. The molecule has 1 fully saturated rings. The van der Waals surface area contributed by atoms with Gasteiger partial charge < -0.3 is 15.5 Å². The van der Waals surface area contributed by atoms with Crippen molar-refractivity contribution in [3.63, 3.8) is 0 Å². The van der Waals surface area contributed by atoms with Gasteiger partial charge in [-0.15, -0.1) is 0 Å². The number of para-hydroxylation sites is 1. The molecule has 1 amide bonds. The molecule has 1 unspecified atom stereocenters. The Morgan fingerprint density at radius 1 is 1.24 bits per heavy atom. The molecule has 0 bridgehead atoms. The standard InChI is InChI=1S/C17H25N3O/c21-17(16-13-14-7-2-3-8-15(14)19-16)18-9-6-12-20-10-4-1-5-11-20/h2-3,7-8,16,19H,1,4-6,9-13H2,(H,18,21). The summed E-state index contributed by atoms with van der Waals surface area (Å²) in [6.45, 7) is 4.35. The normalized spacial score (nSPS) is 21.6. The van der Waals surface area contributed by atoms with Crippen LogP contribution in [0.3, 0.4) is 0 Å². The quantitative estimate of drug-likeness (QED) is 0.814. The SMILES string of the molecule is O=C(NCCCN1CCCCC1)C1Cc2ccccc2N1. The molecule has 0 saturated carbocycles. The second kappa shape index (κ2) is 6.94. The van der Waals surface area contributed by atoms with E-state index in [1.807, 2.05) is 18.2 Å². The Hall–Kier alpha value is -1.55. The van der Waals surface area contributed by atoms with E-state index in [0.717, 1.165) is 31.6 Å². The number of hydrogen-bond acceptors (Lipinski definition) is 3. The summed E-state index contributed by atoms with van der Waals surface area (Å²) in [6.07, 6.45) is 5.88. The van der Waals surface area contributed by atoms with Gasteiger partial charge >= 0.3 is 0 Å². The molecule has 0 aromatic heterocycles. The van der Waals surface area contributed by atoms with E-state index >= 15 is 0 Å². The largest absolute Gasteiger partial charge is 0.373 e. The lowest BCUT2D eigenvalue weighted by molar-refractivity contribution is -0.121. The third kappa shape index (κ3) is 3.76. The van der Waals surface area contributed by atoms with Crippen LogP contribution in [0.25, 0.3) is 0 Å². The molecular weight excluding hydrogens is 262 g/mol. The summed E-state index contributed by atoms with van der Waals surface area (Å²) in [4.78, 5) is 14.7. The highest BCUT2D eigenvalue weighted by molar-refractivity contribution is 5.87. The minimum atomic E-state index is -0.0996. The predicted octanol–water partition coefficient (Wildman–Crippen LogP) is 2.02. The van der Waals surface area contributed by atoms with Crippen LogP contribution in [0.2, 0.25) is 0 Å². The van der Waals surface area contributed by atoms with Crippen molar-refractivity contribution in [2.24, 2.45) is 0 Å². The highest BCUT2D eigenvalue weighted by Crippen LogP contribution is 2.24. The molecule has 1 aromatic rings. The summed E-state index contributed by atoms with van der Waals surface area (Å²) >= 11 is 0. The number of fused-ring (bicyclic) bond motifs is 1. The van der Waals surface area contributed by atoms with Gasteiger partial charge in [0.25, 0.3) is 0 Å². The van der Waals surface area contributed by atoms with Gasteiger partial charge in [0, 0.05) is 18.7 Å². The molecule has 0 aliphatic carbocycles. The van der Waals surface area contributed by atoms with Gasteiger partial charge in [0.05, 0.1) is 0 Å². The van der Waals surface area contributed by atoms with Crippen LogP contribution in [0.5, 0.6) is 0 Å². The summed E-state index contributed by atoms with van der Waals surface area (Å²) in [5.74, 6) is 0.129. The number of nitrogens with zero attached hydrogens (tertiary/aromatic N) is 1. The van der Waals surface area contributed by atoms with Crippen molar-refractivity contribution in [1.29, 1.82) is 0 Å². The van der Waals surface area contributed by atoms with Crippen molar-refractivity contribution in [1.82, 2.24) is 10.2 Å². The fourth-order valence-corrected chi connectivity index (χ4v) is 3.28. The van der Waals surface area contributed by atoms with Crippen LogP contribution in [-0.4, -0.2) is 43.0 Å². The third-order valence-corrected chi connectivity index (χ3v) is 4.49. The molecule has 21 heavy (non-hydrogen) atoms. The number of anilines is 1. The number of benzene rings is 1. The van der Waals surface area contributed by atoms with Gasteiger partial charge in [-0.1, -0.05) is 24.6 Å². The van der Waals surface area contributed by atoms with Gasteiger partial charge in [0.1, 0.15) is 6.04 Å². The molecule has 1 atom stereocenters. The number of amides is 1. The Kier molecular flexibility index (Phi) is 4.76. The van der Waals surface area contributed by atoms with Gasteiger partial charge in [0.15, 0.2) is 0 Å². The van der Waals surface area contributed by atoms with Crippen LogP contribution in [0.15, 0.2) is 24.3 Å². The summed E-state index contributed by atoms with van der Waals surface area (Å²) in [5.41, 5.74) is 2.34. The first-order valence-electron chi connectivity index (χ1n) is 8.17. The Labute approximate surface area is 126 Å². The summed E-state index contributed by atoms with van der Waals surface area (Å²) < 4.78 is 0. The molecule has 2 aliphatic heterocycles. The molecule has 4 nitrogen and oxygen atoms in total. The zero-order chi connectivity index (χ0) is 14.5. The van der Waals surface area contributed by atoms with Crippen molar-refractivity contribution in [2.75, 3.05) is 31.5 Å². The highest BCUT2D eigenvalue weighted by atomic mass is 16.2. The molecule has 3 rings (SSSR count). The average Bonchev–Trinajstić information content (AvgIpc) is 2.96. The second-order valence-corrected chi connectivity index (χ2v) is 6.11. The van der Waals surface area contributed by atoms with Crippen LogP contribution < -0.4 is 10.6 Å². The number of carbonyl (C=O) groups excluding carboxylic acids is 1. The van der Waals surface area contributed by atoms with Crippen LogP contribution in [0.4, 0.5) is 5.69 Å². The van der Waals surface area contributed by atoms with Gasteiger partial charge in [0.2, 0.25) is 5.91 Å². The van der Waals surface area contributed by atoms with E-state index in [1.165, 1.54) is 37.9 Å². The van der Waals surface area contributed by atoms with E-state index in [0.29, 0.717) is 0 Å². The van der Waals surface area contributed by atoms with E-state index in [9.17, 15) is 4.79 Å². The van der Waals surface area contributed by atoms with E-state index in [1.54, 1.807) is 0 Å². The van der Waals surface area contributed by atoms with Crippen LogP contribution in [0, 0.1) is 0 Å². The zero-order valence-electron chi connectivity index (χ0n) is 12.6. The van der Waals surface area contributed by atoms with Crippen molar-refractivity contribution >= 4 is 11.6 Å². The van der Waals surface area contributed by atoms with Crippen LogP contribution >= 0.6 is 0 Å². The number of hydrogen-bond donors (Lipinski definition) is 2. The fraction of sp³-hybridized carbons (Fsp3) is 0.588. The van der Waals surface area contributed by atoms with Gasteiger partial charge in [-0.05, 0) is 50.5 Å². The van der Waals surface area contributed by atoms with Crippen LogP contribution in [-0.2, 0) is 11.2 Å². The minimum absolute atomic E-state index is 0.0996. The first-order chi connectivity index (χ1) is 10.3. The third-order valence-electron chi connectivity index (χ3n) is 4.49. The van der Waals surface area contributed by atoms with Crippen molar-refractivity contribution in [2.45, 2.75) is 38.1 Å². The lowest BCUT2D eigenvalue weighted by Gasteiger charge is -2.26. The maximum absolute atomic E-state index is 12.2. The lowest BCUT2D eigenvalue weighted by Crippen LogP contribution is -2.40. The van der Waals surface area contributed by atoms with Crippen molar-refractivity contribution in [3.8, 4) is 0 Å². The van der Waals surface area contributed by atoms with E-state index in [4.69, 9.17) is 0 Å². The first kappa shape index (κ1) is 14.4. The summed E-state index contributed by atoms with van der Waals surface area (Å²) in [5, 5.41) is 6.37. The number of nitrogens with one attached hydrogen (secondary N) is 2. The summed E-state index contributed by atoms with van der Waals surface area (Å²) in [7, 11) is 0. The second-order valence-electron chi connectivity index (χ2n) is 6.11. The van der Waals surface area contributed by atoms with E-state index in [2.05, 4.69) is 21.6 Å². The number of likely N-dealkylation sites (tertiary alicyclic amines) is 1. The Bertz CT molecular complexity index is 458. The molecule has 114 valence electrons. The van der Waals surface area contributed by atoms with Crippen LogP contribution in [0.1, 0.15) is 31.2 Å². The molecule has 1 saturated heterocycles. The predicted molar refractivity (Wildman–Crippen MR) is 85.5 cm³/mol. The topological polar surface area (TPSA) is 44.4 Å². The minimum Gasteiger partial charge on any atom is -0.373 e. The maximum atomic E-state index is 12.2. The van der Waals surface area contributed by atoms with E-state index in [-0.39, 0.29) is 11.9 Å². The smallest absolute Gasteiger partial charge is 0.242 e. The average molecular weight is 287 g/mol. The van der Waals surface area contributed by atoms with Crippen molar-refractivity contribution in [3.05, 3.63) is 29.8 Å². The van der Waals surface area contributed by atoms with Gasteiger partial charge in [-0.25, -0.2) is 0 Å². The first-order valence-corrected chi connectivity index (χ1v) is 8.17. The zero-order valence-corrected chi connectivity index (χ0v) is 12.6. The lowest BCUT2D eigenvalue weighted by atomic mass is 10.1. The number of piperidine rings is 1. The van der Waals surface area contributed by atoms with Gasteiger partial charge in [-0.2, -0.15) is 0 Å². The van der Waals surface area contributed by atoms with E-state index < -0.39 is 0 Å². The Morgan fingerprint density at radius 2 is 2.05 bits per heavy atom. The fourth-order valence-electron chi connectivity index (χ4n) is 3.28. The maximum Gasteiger partial charge on any atom is 0.242 e. The molecule has 2 N–H and O–H groups in total. The number of rotatable bonds is 5. The molecule has 4 heteroatoms. The van der Waals surface area contributed by atoms with Gasteiger partial charge in [-0.3, -0.25) is 4.79 Å². The molecule has 0 spiro atoms. The van der Waals surface area contributed by atoms with Crippen molar-refractivity contribution < 1.29 is 4.79 Å². The summed E-state index contributed by atoms with van der Waals surface area (Å²) in [6, 6.07) is 8.06. The molecule has 2 heterocycles. The molecule has 2 aliphatic rings.